The van der Waals surface area contributed by atoms with Crippen LogP contribution in [0.4, 0.5) is 11.4 Å². The quantitative estimate of drug-likeness (QED) is 0.0573. The number of rotatable bonds is 20. The number of phosphoric ester groups is 1. The Balaban J connectivity index is 1.36. The number of aromatic hydroxyl groups is 1. The van der Waals surface area contributed by atoms with Crippen molar-refractivity contribution in [3.05, 3.63) is 53.6 Å². The zero-order chi connectivity index (χ0) is 41.0. The second-order valence-corrected chi connectivity index (χ2v) is 16.7. The second kappa shape index (κ2) is 20.8. The van der Waals surface area contributed by atoms with Gasteiger partial charge in [-0.25, -0.2) is 4.57 Å². The summed E-state index contributed by atoms with van der Waals surface area (Å²) in [4.78, 5) is 43.5. The first kappa shape index (κ1) is 46.2. The predicted molar refractivity (Wildman–Crippen MR) is 199 cm³/mol. The average Bonchev–Trinajstić information content (AvgIpc) is 3.10. The van der Waals surface area contributed by atoms with Crippen molar-refractivity contribution in [2.45, 2.75) is 85.1 Å². The van der Waals surface area contributed by atoms with Gasteiger partial charge in [0.05, 0.1) is 45.3 Å². The minimum atomic E-state index is -4.85. The van der Waals surface area contributed by atoms with Crippen LogP contribution in [0.2, 0.25) is 0 Å². The average molecular weight is 798 g/mol. The summed E-state index contributed by atoms with van der Waals surface area (Å²) in [5.41, 5.74) is 1.50. The molecule has 0 aliphatic carbocycles. The molecular weight excluding hydrogens is 741 g/mol. The number of amides is 1. The topological polar surface area (TPSA) is 255 Å². The number of nitrogens with one attached hydrogen (secondary N) is 1. The molecule has 1 heterocycles. The molecule has 0 saturated carbocycles. The van der Waals surface area contributed by atoms with Gasteiger partial charge in [-0.2, -0.15) is 5.11 Å². The zero-order valence-electron chi connectivity index (χ0n) is 32.2. The largest absolute Gasteiger partial charge is 0.506 e. The van der Waals surface area contributed by atoms with Crippen LogP contribution in [-0.2, 0) is 39.3 Å². The van der Waals surface area contributed by atoms with Crippen LogP contribution in [0.3, 0.4) is 0 Å². The maximum Gasteiger partial charge on any atom is 0.469 e. The number of phosphoric acid groups is 1. The molecule has 3 unspecified atom stereocenters. The third-order valence-corrected chi connectivity index (χ3v) is 8.87. The van der Waals surface area contributed by atoms with Crippen molar-refractivity contribution in [1.29, 1.82) is 0 Å². The molecule has 1 fully saturated rings. The van der Waals surface area contributed by atoms with Crippen LogP contribution in [-0.4, -0.2) is 119 Å². The van der Waals surface area contributed by atoms with Crippen molar-refractivity contribution in [2.24, 2.45) is 27.0 Å². The number of Topliss-reactive ketones (excluding diaryl/α,β-unsaturated/α-hetero) is 1. The van der Waals surface area contributed by atoms with E-state index < -0.39 is 50.6 Å². The number of carbonyl (C=O) groups excluding carboxylic acids is 2. The molecule has 3 rings (SSSR count). The number of ether oxygens (including phenoxy) is 4. The number of benzene rings is 2. The highest BCUT2D eigenvalue weighted by Crippen LogP contribution is 2.37. The molecule has 1 saturated heterocycles. The van der Waals surface area contributed by atoms with Gasteiger partial charge in [0.25, 0.3) is 5.91 Å². The number of hydrogen-bond donors (Lipinski definition) is 7. The molecule has 6 atom stereocenters. The van der Waals surface area contributed by atoms with Gasteiger partial charge in [0, 0.05) is 23.4 Å². The fraction of sp³-hybridized carbons (Fsp3) is 0.622. The van der Waals surface area contributed by atoms with Gasteiger partial charge in [0.1, 0.15) is 41.6 Å². The van der Waals surface area contributed by atoms with Crippen LogP contribution < -0.4 is 5.32 Å². The lowest BCUT2D eigenvalue weighted by atomic mass is 9.73. The molecule has 0 bridgehead atoms. The summed E-state index contributed by atoms with van der Waals surface area (Å²) in [6.07, 6.45) is -6.50. The molecule has 1 aliphatic heterocycles. The molecule has 0 aromatic heterocycles. The molecule has 1 aliphatic rings. The van der Waals surface area contributed by atoms with Crippen molar-refractivity contribution in [3.8, 4) is 5.75 Å². The molecule has 1 amide bonds. The number of carbonyl (C=O) groups is 2. The van der Waals surface area contributed by atoms with E-state index in [-0.39, 0.29) is 74.0 Å². The zero-order valence-corrected chi connectivity index (χ0v) is 33.1. The number of ketones is 1. The van der Waals surface area contributed by atoms with Gasteiger partial charge in [-0.05, 0) is 60.2 Å². The lowest BCUT2D eigenvalue weighted by molar-refractivity contribution is -0.301. The van der Waals surface area contributed by atoms with E-state index in [1.165, 1.54) is 0 Å². The lowest BCUT2D eigenvalue weighted by Gasteiger charge is -2.40. The third-order valence-electron chi connectivity index (χ3n) is 8.38. The van der Waals surface area contributed by atoms with E-state index in [0.717, 1.165) is 12.0 Å². The van der Waals surface area contributed by atoms with Crippen molar-refractivity contribution in [1.82, 2.24) is 5.32 Å². The number of aliphatic hydroxyl groups excluding tert-OH is 3. The SMILES string of the molecule is CC(C)(C)CC(Cc1ccc(O)c(N=Nc2ccc(C(=O)NCCOCCOCCO[C@H]3OC(COP(=O)(O)O)[C@@H](O)[C@H](O)C3O)cc2)c1)C(=O)C(C)(C)C. The minimum absolute atomic E-state index is 0.0380. The van der Waals surface area contributed by atoms with Gasteiger partial charge >= 0.3 is 7.82 Å². The Kier molecular flexibility index (Phi) is 17.5. The predicted octanol–water partition coefficient (Wildman–Crippen LogP) is 3.71. The highest BCUT2D eigenvalue weighted by molar-refractivity contribution is 7.46. The number of phenols is 1. The summed E-state index contributed by atoms with van der Waals surface area (Å²) in [6.45, 7) is 12.2. The molecule has 7 N–H and O–H groups in total. The molecule has 308 valence electrons. The van der Waals surface area contributed by atoms with Crippen molar-refractivity contribution in [2.75, 3.05) is 46.2 Å². The lowest BCUT2D eigenvalue weighted by Crippen LogP contribution is -2.59. The maximum atomic E-state index is 13.3. The standard InChI is InChI=1S/C37H56N3O14P/c1-36(2,3)21-25(33(45)37(4,5)6)19-23-7-12-28(41)27(20-23)40-39-26-10-8-24(9-11-26)34(46)38-13-14-50-15-16-51-17-18-52-35-32(44)31(43)30(42)29(54-35)22-53-55(47,48)49/h7-12,20,25,29-32,35,41-44H,13-19,21-22H2,1-6H3,(H,38,46)(H2,47,48,49)/t25?,29?,30-,31+,32?,35+/m1/s1. The number of hydrogen-bond acceptors (Lipinski definition) is 14. The van der Waals surface area contributed by atoms with Crippen LogP contribution in [0.25, 0.3) is 0 Å². The summed E-state index contributed by atoms with van der Waals surface area (Å²) in [7, 11) is -4.85. The molecule has 2 aromatic carbocycles. The Hall–Kier alpha value is -3.19. The van der Waals surface area contributed by atoms with Crippen molar-refractivity contribution >= 4 is 30.9 Å². The van der Waals surface area contributed by atoms with Crippen LogP contribution >= 0.6 is 7.82 Å². The van der Waals surface area contributed by atoms with E-state index in [4.69, 9.17) is 28.7 Å². The van der Waals surface area contributed by atoms with E-state index in [1.807, 2.05) is 20.8 Å². The molecular formula is C37H56N3O14P. The van der Waals surface area contributed by atoms with Crippen LogP contribution in [0, 0.1) is 16.7 Å². The molecule has 17 nitrogen and oxygen atoms in total. The van der Waals surface area contributed by atoms with Gasteiger partial charge in [-0.1, -0.05) is 47.6 Å². The molecule has 18 heteroatoms. The summed E-state index contributed by atoms with van der Waals surface area (Å²) >= 11 is 0. The minimum Gasteiger partial charge on any atom is -0.506 e. The van der Waals surface area contributed by atoms with Gasteiger partial charge < -0.3 is 54.5 Å². The Morgan fingerprint density at radius 2 is 1.51 bits per heavy atom. The maximum absolute atomic E-state index is 13.3. The van der Waals surface area contributed by atoms with E-state index in [1.54, 1.807) is 42.5 Å². The first-order valence-corrected chi connectivity index (χ1v) is 19.5. The number of aliphatic hydroxyl groups is 3. The molecule has 55 heavy (non-hydrogen) atoms. The number of phenolic OH excluding ortho intramolecular Hbond substituents is 1. The number of azo groups is 1. The van der Waals surface area contributed by atoms with Gasteiger partial charge in [-0.3, -0.25) is 14.1 Å². The van der Waals surface area contributed by atoms with E-state index in [0.29, 0.717) is 17.7 Å². The highest BCUT2D eigenvalue weighted by Gasteiger charge is 2.45. The first-order chi connectivity index (χ1) is 25.6. The summed E-state index contributed by atoms with van der Waals surface area (Å²) in [5.74, 6) is -0.355. The fourth-order valence-electron chi connectivity index (χ4n) is 5.71. The highest BCUT2D eigenvalue weighted by atomic mass is 31.2. The van der Waals surface area contributed by atoms with E-state index >= 15 is 0 Å². The molecule has 0 spiro atoms. The van der Waals surface area contributed by atoms with Crippen molar-refractivity contribution in [3.63, 3.8) is 0 Å². The van der Waals surface area contributed by atoms with Gasteiger partial charge in [0.2, 0.25) is 0 Å². The van der Waals surface area contributed by atoms with E-state index in [2.05, 4.69) is 40.8 Å². The Morgan fingerprint density at radius 3 is 2.13 bits per heavy atom. The normalized spacial score (nSPS) is 21.5. The summed E-state index contributed by atoms with van der Waals surface area (Å²) in [6, 6.07) is 11.5. The van der Waals surface area contributed by atoms with Gasteiger partial charge in [-0.15, -0.1) is 5.11 Å². The monoisotopic (exact) mass is 797 g/mol. The first-order valence-electron chi connectivity index (χ1n) is 18.0. The number of nitrogens with zero attached hydrogens (tertiary/aromatic N) is 2. The van der Waals surface area contributed by atoms with E-state index in [9.17, 15) is 34.6 Å². The van der Waals surface area contributed by atoms with Crippen LogP contribution in [0.5, 0.6) is 5.75 Å². The second-order valence-electron chi connectivity index (χ2n) is 15.5. The summed E-state index contributed by atoms with van der Waals surface area (Å²) < 4.78 is 36.7. The van der Waals surface area contributed by atoms with Crippen LogP contribution in [0.15, 0.2) is 52.7 Å². The van der Waals surface area contributed by atoms with Gasteiger partial charge in [0.15, 0.2) is 6.29 Å². The molecule has 0 radical (unpaired) electrons. The Morgan fingerprint density at radius 1 is 0.873 bits per heavy atom. The smallest absolute Gasteiger partial charge is 0.469 e. The third kappa shape index (κ3) is 16.1. The summed E-state index contributed by atoms with van der Waals surface area (Å²) in [5, 5.41) is 51.7. The van der Waals surface area contributed by atoms with Crippen LogP contribution in [0.1, 0.15) is 63.9 Å². The van der Waals surface area contributed by atoms with Crippen molar-refractivity contribution < 1.29 is 67.8 Å². The Bertz CT molecular complexity index is 1610. The fourth-order valence-corrected chi connectivity index (χ4v) is 6.05. The Labute approximate surface area is 321 Å². The molecule has 2 aromatic rings.